The highest BCUT2D eigenvalue weighted by Gasteiger charge is 2.35. The van der Waals surface area contributed by atoms with Crippen LogP contribution in [0.5, 0.6) is 0 Å². The average Bonchev–Trinajstić information content (AvgIpc) is 2.49. The predicted molar refractivity (Wildman–Crippen MR) is 83.0 cm³/mol. The Kier molecular flexibility index (Phi) is 4.83. The second-order valence-corrected chi connectivity index (χ2v) is 5.87. The van der Waals surface area contributed by atoms with Crippen LogP contribution in [-0.2, 0) is 11.2 Å². The zero-order valence-electron chi connectivity index (χ0n) is 12.9. The SMILES string of the molecule is CCC(CC)(CN)C(=O)NC1CCCc2[nH]c(=O)ccc21. The van der Waals surface area contributed by atoms with E-state index in [1.807, 2.05) is 19.9 Å². The lowest BCUT2D eigenvalue weighted by atomic mass is 9.80. The molecule has 1 aliphatic carbocycles. The van der Waals surface area contributed by atoms with Gasteiger partial charge >= 0.3 is 0 Å². The Labute approximate surface area is 125 Å². The third kappa shape index (κ3) is 3.02. The topological polar surface area (TPSA) is 88.0 Å². The largest absolute Gasteiger partial charge is 0.349 e. The lowest BCUT2D eigenvalue weighted by molar-refractivity contribution is -0.132. The summed E-state index contributed by atoms with van der Waals surface area (Å²) in [5.74, 6) is 0.0269. The molecule has 0 radical (unpaired) electrons. The third-order valence-corrected chi connectivity index (χ3v) is 4.86. The van der Waals surface area contributed by atoms with E-state index in [0.717, 1.165) is 43.4 Å². The first-order chi connectivity index (χ1) is 10.1. The van der Waals surface area contributed by atoms with Gasteiger partial charge in [-0.05, 0) is 43.7 Å². The standard InChI is InChI=1S/C16H25N3O2/c1-3-16(4-2,10-17)15(21)19-13-7-5-6-12-11(13)8-9-14(20)18-12/h8-9,13H,3-7,10,17H2,1-2H3,(H,18,20)(H,19,21). The molecule has 1 unspecified atom stereocenters. The molecule has 5 heteroatoms. The van der Waals surface area contributed by atoms with Crippen molar-refractivity contribution in [3.05, 3.63) is 33.7 Å². The van der Waals surface area contributed by atoms with Crippen LogP contribution in [0.3, 0.4) is 0 Å². The van der Waals surface area contributed by atoms with E-state index in [4.69, 9.17) is 5.73 Å². The van der Waals surface area contributed by atoms with Gasteiger partial charge < -0.3 is 16.0 Å². The maximum absolute atomic E-state index is 12.6. The van der Waals surface area contributed by atoms with Gasteiger partial charge in [-0.2, -0.15) is 0 Å². The van der Waals surface area contributed by atoms with Crippen LogP contribution >= 0.6 is 0 Å². The first-order valence-electron chi connectivity index (χ1n) is 7.79. The summed E-state index contributed by atoms with van der Waals surface area (Å²) in [5.41, 5.74) is 7.25. The fourth-order valence-electron chi connectivity index (χ4n) is 3.11. The van der Waals surface area contributed by atoms with Crippen LogP contribution in [0.4, 0.5) is 0 Å². The highest BCUT2D eigenvalue weighted by molar-refractivity contribution is 5.83. The van der Waals surface area contributed by atoms with Crippen LogP contribution in [0.25, 0.3) is 0 Å². The van der Waals surface area contributed by atoms with Gasteiger partial charge in [-0.1, -0.05) is 13.8 Å². The number of aromatic amines is 1. The van der Waals surface area contributed by atoms with Gasteiger partial charge in [0.05, 0.1) is 11.5 Å². The van der Waals surface area contributed by atoms with Crippen molar-refractivity contribution >= 4 is 5.91 Å². The van der Waals surface area contributed by atoms with Gasteiger partial charge in [-0.25, -0.2) is 0 Å². The fraction of sp³-hybridized carbons (Fsp3) is 0.625. The van der Waals surface area contributed by atoms with E-state index in [1.165, 1.54) is 6.07 Å². The van der Waals surface area contributed by atoms with E-state index < -0.39 is 5.41 Å². The van der Waals surface area contributed by atoms with Crippen molar-refractivity contribution in [2.75, 3.05) is 6.54 Å². The number of carbonyl (C=O) groups excluding carboxylic acids is 1. The predicted octanol–water partition coefficient (Wildman–Crippen LogP) is 1.63. The minimum absolute atomic E-state index is 0.0258. The lowest BCUT2D eigenvalue weighted by Gasteiger charge is -2.33. The molecule has 1 aliphatic rings. The number of nitrogens with one attached hydrogen (secondary N) is 2. The molecule has 0 spiro atoms. The molecular formula is C16H25N3O2. The average molecular weight is 291 g/mol. The second-order valence-electron chi connectivity index (χ2n) is 5.87. The third-order valence-electron chi connectivity index (χ3n) is 4.86. The first-order valence-corrected chi connectivity index (χ1v) is 7.79. The molecule has 0 aromatic carbocycles. The molecule has 1 heterocycles. The molecule has 0 saturated carbocycles. The highest BCUT2D eigenvalue weighted by Crippen LogP contribution is 2.31. The molecule has 1 amide bonds. The number of nitrogens with two attached hydrogens (primary N) is 1. The Bertz CT molecular complexity index is 553. The molecule has 1 aromatic rings. The van der Waals surface area contributed by atoms with Crippen molar-refractivity contribution in [1.82, 2.24) is 10.3 Å². The van der Waals surface area contributed by atoms with Crippen LogP contribution < -0.4 is 16.6 Å². The maximum Gasteiger partial charge on any atom is 0.248 e. The molecule has 21 heavy (non-hydrogen) atoms. The van der Waals surface area contributed by atoms with Crippen LogP contribution in [-0.4, -0.2) is 17.4 Å². The van der Waals surface area contributed by atoms with E-state index in [9.17, 15) is 9.59 Å². The van der Waals surface area contributed by atoms with Gasteiger partial charge in [0.1, 0.15) is 0 Å². The van der Waals surface area contributed by atoms with Crippen LogP contribution in [0.2, 0.25) is 0 Å². The number of pyridine rings is 1. The van der Waals surface area contributed by atoms with Gasteiger partial charge in [0.15, 0.2) is 0 Å². The van der Waals surface area contributed by atoms with Crippen molar-refractivity contribution in [2.45, 2.75) is 52.0 Å². The quantitative estimate of drug-likeness (QED) is 0.770. The van der Waals surface area contributed by atoms with Crippen LogP contribution in [0.15, 0.2) is 16.9 Å². The Morgan fingerprint density at radius 3 is 2.76 bits per heavy atom. The molecule has 1 atom stereocenters. The van der Waals surface area contributed by atoms with Crippen molar-refractivity contribution in [2.24, 2.45) is 11.1 Å². The van der Waals surface area contributed by atoms with Crippen molar-refractivity contribution in [3.63, 3.8) is 0 Å². The van der Waals surface area contributed by atoms with E-state index >= 15 is 0 Å². The number of aryl methyl sites for hydroxylation is 1. The molecule has 2 rings (SSSR count). The van der Waals surface area contributed by atoms with Crippen molar-refractivity contribution in [3.8, 4) is 0 Å². The number of H-pyrrole nitrogens is 1. The molecule has 0 fully saturated rings. The number of fused-ring (bicyclic) bond motifs is 1. The zero-order valence-corrected chi connectivity index (χ0v) is 12.9. The monoisotopic (exact) mass is 291 g/mol. The van der Waals surface area contributed by atoms with Crippen molar-refractivity contribution < 1.29 is 4.79 Å². The lowest BCUT2D eigenvalue weighted by Crippen LogP contribution is -2.47. The minimum atomic E-state index is -0.486. The molecule has 5 nitrogen and oxygen atoms in total. The van der Waals surface area contributed by atoms with E-state index in [0.29, 0.717) is 6.54 Å². The fourth-order valence-corrected chi connectivity index (χ4v) is 3.11. The van der Waals surface area contributed by atoms with E-state index in [2.05, 4.69) is 10.3 Å². The van der Waals surface area contributed by atoms with Crippen LogP contribution in [0.1, 0.15) is 56.8 Å². The smallest absolute Gasteiger partial charge is 0.248 e. The Morgan fingerprint density at radius 1 is 1.43 bits per heavy atom. The number of hydrogen-bond donors (Lipinski definition) is 3. The molecule has 0 bridgehead atoms. The number of rotatable bonds is 5. The Balaban J connectivity index is 2.22. The van der Waals surface area contributed by atoms with Gasteiger partial charge in [0.25, 0.3) is 0 Å². The summed E-state index contributed by atoms with van der Waals surface area (Å²) in [4.78, 5) is 26.9. The summed E-state index contributed by atoms with van der Waals surface area (Å²) in [7, 11) is 0. The summed E-state index contributed by atoms with van der Waals surface area (Å²) in [6, 6.07) is 3.33. The maximum atomic E-state index is 12.6. The van der Waals surface area contributed by atoms with Crippen LogP contribution in [0, 0.1) is 5.41 Å². The van der Waals surface area contributed by atoms with Gasteiger partial charge in [0.2, 0.25) is 11.5 Å². The van der Waals surface area contributed by atoms with Gasteiger partial charge in [0, 0.05) is 18.3 Å². The van der Waals surface area contributed by atoms with Gasteiger partial charge in [-0.3, -0.25) is 9.59 Å². The summed E-state index contributed by atoms with van der Waals surface area (Å²) in [6.45, 7) is 4.36. The molecule has 4 N–H and O–H groups in total. The Hall–Kier alpha value is -1.62. The first kappa shape index (κ1) is 15.8. The molecule has 0 saturated heterocycles. The minimum Gasteiger partial charge on any atom is -0.349 e. The normalized spacial score (nSPS) is 18.1. The van der Waals surface area contributed by atoms with E-state index in [-0.39, 0.29) is 17.5 Å². The summed E-state index contributed by atoms with van der Waals surface area (Å²) in [5, 5.41) is 3.15. The Morgan fingerprint density at radius 2 is 2.14 bits per heavy atom. The number of amides is 1. The number of hydrogen-bond acceptors (Lipinski definition) is 3. The summed E-state index contributed by atoms with van der Waals surface area (Å²) in [6.07, 6.45) is 4.19. The zero-order chi connectivity index (χ0) is 15.5. The van der Waals surface area contributed by atoms with Gasteiger partial charge in [-0.15, -0.1) is 0 Å². The van der Waals surface area contributed by atoms with E-state index in [1.54, 1.807) is 0 Å². The number of carbonyl (C=O) groups is 1. The molecule has 1 aromatic heterocycles. The van der Waals surface area contributed by atoms with Crippen molar-refractivity contribution in [1.29, 1.82) is 0 Å². The molecular weight excluding hydrogens is 266 g/mol. The number of aromatic nitrogens is 1. The summed E-state index contributed by atoms with van der Waals surface area (Å²) >= 11 is 0. The molecule has 116 valence electrons. The highest BCUT2D eigenvalue weighted by atomic mass is 16.2. The molecule has 0 aliphatic heterocycles. The summed E-state index contributed by atoms with van der Waals surface area (Å²) < 4.78 is 0. The second kappa shape index (κ2) is 6.43.